The van der Waals surface area contributed by atoms with Crippen molar-refractivity contribution in [3.8, 4) is 0 Å². The van der Waals surface area contributed by atoms with Crippen molar-refractivity contribution >= 4 is 34.9 Å². The van der Waals surface area contributed by atoms with Crippen LogP contribution in [0.1, 0.15) is 31.9 Å². The van der Waals surface area contributed by atoms with E-state index in [0.717, 1.165) is 21.6 Å². The van der Waals surface area contributed by atoms with Crippen molar-refractivity contribution in [3.63, 3.8) is 0 Å². The first-order valence-electron chi connectivity index (χ1n) is 8.94. The molecular weight excluding hydrogens is 368 g/mol. The summed E-state index contributed by atoms with van der Waals surface area (Å²) in [5, 5.41) is 7.55. The maximum Gasteiger partial charge on any atom is 0.272 e. The van der Waals surface area contributed by atoms with Crippen LogP contribution < -0.4 is 10.6 Å². The molecule has 28 heavy (non-hydrogen) atoms. The fraction of sp³-hybridized carbons (Fsp3) is 0.130. The zero-order valence-corrected chi connectivity index (χ0v) is 16.9. The minimum Gasteiger partial charge on any atom is -0.321 e. The van der Waals surface area contributed by atoms with Crippen LogP contribution in [0.3, 0.4) is 0 Å². The topological polar surface area (TPSA) is 58.2 Å². The number of carbonyl (C=O) groups is 2. The molecule has 0 bridgehead atoms. The van der Waals surface area contributed by atoms with E-state index in [2.05, 4.69) is 10.6 Å². The quantitative estimate of drug-likeness (QED) is 0.597. The fourth-order valence-corrected chi connectivity index (χ4v) is 3.25. The Kier molecular flexibility index (Phi) is 6.06. The van der Waals surface area contributed by atoms with Crippen LogP contribution in [-0.2, 0) is 4.79 Å². The SMILES string of the molecule is Cc1ccc(C(=O)N/C(=C\c2cccs2)C(=O)Nc2ccc(C)c(C)c2)cc1. The van der Waals surface area contributed by atoms with Gasteiger partial charge in [-0.15, -0.1) is 11.3 Å². The van der Waals surface area contributed by atoms with E-state index in [4.69, 9.17) is 0 Å². The maximum atomic E-state index is 12.9. The number of hydrogen-bond acceptors (Lipinski definition) is 3. The molecule has 0 fully saturated rings. The Bertz CT molecular complexity index is 1020. The molecule has 2 N–H and O–H groups in total. The first-order valence-corrected chi connectivity index (χ1v) is 9.82. The molecule has 0 spiro atoms. The third kappa shape index (κ3) is 4.96. The molecule has 1 heterocycles. The molecule has 3 aromatic rings. The summed E-state index contributed by atoms with van der Waals surface area (Å²) in [7, 11) is 0. The molecule has 0 saturated carbocycles. The van der Waals surface area contributed by atoms with Crippen LogP contribution >= 0.6 is 11.3 Å². The van der Waals surface area contributed by atoms with E-state index in [0.29, 0.717) is 11.3 Å². The number of rotatable bonds is 5. The van der Waals surface area contributed by atoms with Crippen LogP contribution in [0.15, 0.2) is 65.7 Å². The lowest BCUT2D eigenvalue weighted by Gasteiger charge is -2.12. The highest BCUT2D eigenvalue weighted by Gasteiger charge is 2.15. The molecule has 2 amide bonds. The molecule has 0 radical (unpaired) electrons. The third-order valence-electron chi connectivity index (χ3n) is 4.40. The molecule has 4 nitrogen and oxygen atoms in total. The fourth-order valence-electron chi connectivity index (χ4n) is 2.59. The monoisotopic (exact) mass is 390 g/mol. The van der Waals surface area contributed by atoms with Gasteiger partial charge in [0.1, 0.15) is 5.70 Å². The normalized spacial score (nSPS) is 11.2. The standard InChI is InChI=1S/C23H22N2O2S/c1-15-6-9-18(10-7-15)22(26)25-21(14-20-5-4-12-28-20)23(27)24-19-11-8-16(2)17(3)13-19/h4-14H,1-3H3,(H,24,27)(H,25,26)/b21-14-. The van der Waals surface area contributed by atoms with Gasteiger partial charge in [0.05, 0.1) is 0 Å². The van der Waals surface area contributed by atoms with Gasteiger partial charge in [-0.2, -0.15) is 0 Å². The second-order valence-corrected chi connectivity index (χ2v) is 7.63. The number of aryl methyl sites for hydroxylation is 3. The van der Waals surface area contributed by atoms with Crippen molar-refractivity contribution in [2.45, 2.75) is 20.8 Å². The van der Waals surface area contributed by atoms with Gasteiger partial charge in [-0.1, -0.05) is 29.8 Å². The summed E-state index contributed by atoms with van der Waals surface area (Å²) >= 11 is 1.50. The van der Waals surface area contributed by atoms with Gasteiger partial charge in [0.15, 0.2) is 0 Å². The summed E-state index contributed by atoms with van der Waals surface area (Å²) in [6.07, 6.45) is 1.69. The Morgan fingerprint density at radius 2 is 1.68 bits per heavy atom. The van der Waals surface area contributed by atoms with E-state index in [9.17, 15) is 9.59 Å². The van der Waals surface area contributed by atoms with Crippen molar-refractivity contribution in [2.24, 2.45) is 0 Å². The van der Waals surface area contributed by atoms with Crippen molar-refractivity contribution in [3.05, 3.63) is 92.8 Å². The van der Waals surface area contributed by atoms with Crippen LogP contribution in [0, 0.1) is 20.8 Å². The van der Waals surface area contributed by atoms with Crippen LogP contribution in [0.4, 0.5) is 5.69 Å². The Morgan fingerprint density at radius 1 is 0.929 bits per heavy atom. The molecule has 0 aliphatic rings. The van der Waals surface area contributed by atoms with Crippen LogP contribution in [0.25, 0.3) is 6.08 Å². The number of hydrogen-bond donors (Lipinski definition) is 2. The second-order valence-electron chi connectivity index (χ2n) is 6.65. The van der Waals surface area contributed by atoms with Crippen LogP contribution in [-0.4, -0.2) is 11.8 Å². The number of anilines is 1. The number of amides is 2. The van der Waals surface area contributed by atoms with Gasteiger partial charge >= 0.3 is 0 Å². The predicted octanol–water partition coefficient (Wildman–Crippen LogP) is 5.08. The maximum absolute atomic E-state index is 12.9. The van der Waals surface area contributed by atoms with Crippen molar-refractivity contribution in [2.75, 3.05) is 5.32 Å². The molecule has 2 aromatic carbocycles. The average Bonchev–Trinajstić information content (AvgIpc) is 3.18. The van der Waals surface area contributed by atoms with Gasteiger partial charge in [0, 0.05) is 16.1 Å². The Labute approximate surface area is 168 Å². The minimum atomic E-state index is -0.364. The molecule has 3 rings (SSSR count). The van der Waals surface area contributed by atoms with E-state index in [1.54, 1.807) is 18.2 Å². The summed E-state index contributed by atoms with van der Waals surface area (Å²) in [5.74, 6) is -0.685. The van der Waals surface area contributed by atoms with Gasteiger partial charge in [-0.05, 0) is 73.7 Å². The molecule has 5 heteroatoms. The first kappa shape index (κ1) is 19.6. The van der Waals surface area contributed by atoms with E-state index in [1.807, 2.05) is 68.6 Å². The smallest absolute Gasteiger partial charge is 0.272 e. The van der Waals surface area contributed by atoms with Gasteiger partial charge in [-0.3, -0.25) is 9.59 Å². The largest absolute Gasteiger partial charge is 0.321 e. The molecule has 0 unspecified atom stereocenters. The summed E-state index contributed by atoms with van der Waals surface area (Å²) in [5.41, 5.74) is 4.70. The molecule has 0 atom stereocenters. The van der Waals surface area contributed by atoms with Crippen molar-refractivity contribution < 1.29 is 9.59 Å². The number of carbonyl (C=O) groups excluding carboxylic acids is 2. The van der Waals surface area contributed by atoms with E-state index >= 15 is 0 Å². The predicted molar refractivity (Wildman–Crippen MR) is 115 cm³/mol. The van der Waals surface area contributed by atoms with E-state index < -0.39 is 0 Å². The molecule has 0 aliphatic carbocycles. The van der Waals surface area contributed by atoms with E-state index in [1.165, 1.54) is 11.3 Å². The molecule has 0 saturated heterocycles. The van der Waals surface area contributed by atoms with E-state index in [-0.39, 0.29) is 17.5 Å². The lowest BCUT2D eigenvalue weighted by atomic mass is 10.1. The lowest BCUT2D eigenvalue weighted by Crippen LogP contribution is -2.30. The first-order chi connectivity index (χ1) is 13.4. The minimum absolute atomic E-state index is 0.200. The summed E-state index contributed by atoms with van der Waals surface area (Å²) in [6.45, 7) is 5.97. The Hall–Kier alpha value is -3.18. The van der Waals surface area contributed by atoms with Crippen molar-refractivity contribution in [1.82, 2.24) is 5.32 Å². The zero-order valence-electron chi connectivity index (χ0n) is 16.1. The van der Waals surface area contributed by atoms with Gasteiger partial charge in [-0.25, -0.2) is 0 Å². The van der Waals surface area contributed by atoms with Gasteiger partial charge in [0.25, 0.3) is 11.8 Å². The summed E-state index contributed by atoms with van der Waals surface area (Å²) in [6, 6.07) is 16.7. The highest BCUT2D eigenvalue weighted by Crippen LogP contribution is 2.17. The summed E-state index contributed by atoms with van der Waals surface area (Å²) in [4.78, 5) is 26.4. The lowest BCUT2D eigenvalue weighted by molar-refractivity contribution is -0.113. The second kappa shape index (κ2) is 8.67. The van der Waals surface area contributed by atoms with Crippen LogP contribution in [0.5, 0.6) is 0 Å². The van der Waals surface area contributed by atoms with Crippen LogP contribution in [0.2, 0.25) is 0 Å². The summed E-state index contributed by atoms with van der Waals surface area (Å²) < 4.78 is 0. The number of benzene rings is 2. The zero-order chi connectivity index (χ0) is 20.1. The molecule has 142 valence electrons. The van der Waals surface area contributed by atoms with Gasteiger partial charge in [0.2, 0.25) is 0 Å². The molecule has 1 aromatic heterocycles. The molecular formula is C23H22N2O2S. The highest BCUT2D eigenvalue weighted by atomic mass is 32.1. The average molecular weight is 391 g/mol. The van der Waals surface area contributed by atoms with Gasteiger partial charge < -0.3 is 10.6 Å². The number of nitrogens with one attached hydrogen (secondary N) is 2. The Balaban J connectivity index is 1.84. The Morgan fingerprint density at radius 3 is 2.32 bits per heavy atom. The molecule has 0 aliphatic heterocycles. The third-order valence-corrected chi connectivity index (χ3v) is 5.22. The number of thiophene rings is 1. The van der Waals surface area contributed by atoms with Crippen molar-refractivity contribution in [1.29, 1.82) is 0 Å². The highest BCUT2D eigenvalue weighted by molar-refractivity contribution is 7.10.